The predicted molar refractivity (Wildman–Crippen MR) is 94.5 cm³/mol. The van der Waals surface area contributed by atoms with Crippen LogP contribution in [0.1, 0.15) is 17.9 Å². The topological polar surface area (TPSA) is 32.8 Å². The molecule has 0 radical (unpaired) electrons. The van der Waals surface area contributed by atoms with Crippen molar-refractivity contribution >= 4 is 11.6 Å². The first kappa shape index (κ1) is 15.9. The summed E-state index contributed by atoms with van der Waals surface area (Å²) >= 11 is 0. The highest BCUT2D eigenvalue weighted by Crippen LogP contribution is 2.34. The molecule has 0 spiro atoms. The summed E-state index contributed by atoms with van der Waals surface area (Å²) in [5, 5.41) is 0. The highest BCUT2D eigenvalue weighted by atomic mass is 19.1. The zero-order valence-electron chi connectivity index (χ0n) is 14.0. The van der Waals surface area contributed by atoms with Crippen molar-refractivity contribution in [2.24, 2.45) is 0 Å². The number of halogens is 1. The first-order chi connectivity index (χ1) is 12.2. The van der Waals surface area contributed by atoms with Gasteiger partial charge in [0.1, 0.15) is 11.6 Å². The van der Waals surface area contributed by atoms with E-state index in [1.807, 2.05) is 29.2 Å². The van der Waals surface area contributed by atoms with E-state index in [0.717, 1.165) is 36.5 Å². The summed E-state index contributed by atoms with van der Waals surface area (Å²) in [5.41, 5.74) is 2.00. The molecule has 25 heavy (non-hydrogen) atoms. The summed E-state index contributed by atoms with van der Waals surface area (Å²) in [4.78, 5) is 17.2. The molecule has 0 bridgehead atoms. The molecule has 1 unspecified atom stereocenters. The maximum absolute atomic E-state index is 13.1. The second-order valence-electron chi connectivity index (χ2n) is 6.52. The number of fused-ring (bicyclic) bond motifs is 1. The molecule has 130 valence electrons. The minimum atomic E-state index is -0.226. The predicted octanol–water partition coefficient (Wildman–Crippen LogP) is 3.04. The fraction of sp³-hybridized carbons (Fsp3) is 0.350. The quantitative estimate of drug-likeness (QED) is 0.842. The molecule has 0 aliphatic carbocycles. The number of hydrogen-bond acceptors (Lipinski definition) is 3. The van der Waals surface area contributed by atoms with Crippen molar-refractivity contribution in [2.45, 2.75) is 12.3 Å². The van der Waals surface area contributed by atoms with Crippen molar-refractivity contribution in [3.05, 3.63) is 59.9 Å². The summed E-state index contributed by atoms with van der Waals surface area (Å²) in [5.74, 6) is 0.685. The van der Waals surface area contributed by atoms with Crippen molar-refractivity contribution in [1.29, 1.82) is 0 Å². The van der Waals surface area contributed by atoms with Gasteiger partial charge in [0.2, 0.25) is 5.91 Å². The van der Waals surface area contributed by atoms with Gasteiger partial charge in [-0.2, -0.15) is 0 Å². The van der Waals surface area contributed by atoms with Gasteiger partial charge < -0.3 is 14.5 Å². The number of carbonyl (C=O) groups is 1. The monoisotopic (exact) mass is 340 g/mol. The van der Waals surface area contributed by atoms with Crippen LogP contribution in [0.5, 0.6) is 5.75 Å². The Hall–Kier alpha value is -2.56. The maximum atomic E-state index is 13.1. The van der Waals surface area contributed by atoms with E-state index in [9.17, 15) is 9.18 Å². The molecule has 4 nitrogen and oxygen atoms in total. The van der Waals surface area contributed by atoms with Crippen LogP contribution in [0.2, 0.25) is 0 Å². The smallest absolute Gasteiger partial charge is 0.230 e. The fourth-order valence-electron chi connectivity index (χ4n) is 3.66. The average Bonchev–Trinajstić information content (AvgIpc) is 2.68. The lowest BCUT2D eigenvalue weighted by atomic mass is 9.91. The number of hydrogen-bond donors (Lipinski definition) is 0. The van der Waals surface area contributed by atoms with Gasteiger partial charge in [-0.3, -0.25) is 4.79 Å². The van der Waals surface area contributed by atoms with Crippen molar-refractivity contribution in [3.63, 3.8) is 0 Å². The molecule has 1 saturated heterocycles. The second kappa shape index (κ2) is 6.75. The molecule has 2 aliphatic rings. The minimum absolute atomic E-state index is 0.109. The summed E-state index contributed by atoms with van der Waals surface area (Å²) in [7, 11) is 0. The molecule has 0 N–H and O–H groups in total. The van der Waals surface area contributed by atoms with Crippen molar-refractivity contribution in [1.82, 2.24) is 4.90 Å². The second-order valence-corrected chi connectivity index (χ2v) is 6.52. The molecule has 2 aromatic carbocycles. The first-order valence-corrected chi connectivity index (χ1v) is 8.73. The van der Waals surface area contributed by atoms with Crippen molar-refractivity contribution < 1.29 is 13.9 Å². The van der Waals surface area contributed by atoms with Gasteiger partial charge in [-0.15, -0.1) is 0 Å². The van der Waals surface area contributed by atoms with Crippen LogP contribution in [0.25, 0.3) is 0 Å². The summed E-state index contributed by atoms with van der Waals surface area (Å²) in [6, 6.07) is 14.4. The number of para-hydroxylation sites is 1. The fourth-order valence-corrected chi connectivity index (χ4v) is 3.66. The number of piperazine rings is 1. The lowest BCUT2D eigenvalue weighted by Crippen LogP contribution is -2.50. The number of benzene rings is 2. The lowest BCUT2D eigenvalue weighted by molar-refractivity contribution is -0.133. The van der Waals surface area contributed by atoms with Crippen LogP contribution in [0.15, 0.2) is 48.5 Å². The van der Waals surface area contributed by atoms with Gasteiger partial charge >= 0.3 is 0 Å². The van der Waals surface area contributed by atoms with Gasteiger partial charge in [-0.25, -0.2) is 4.39 Å². The molecule has 1 atom stereocenters. The molecule has 1 fully saturated rings. The van der Waals surface area contributed by atoms with E-state index in [2.05, 4.69) is 4.90 Å². The molecule has 2 aromatic rings. The number of ether oxygens (including phenoxy) is 1. The number of nitrogens with zero attached hydrogens (tertiary/aromatic N) is 2. The van der Waals surface area contributed by atoms with Crippen molar-refractivity contribution in [3.8, 4) is 5.75 Å². The SMILES string of the molecule is O=C(C1CCOc2ccccc21)N1CCN(c2ccc(F)cc2)CC1. The van der Waals surface area contributed by atoms with Crippen LogP contribution in [0, 0.1) is 5.82 Å². The van der Waals surface area contributed by atoms with Crippen LogP contribution in [0.3, 0.4) is 0 Å². The Morgan fingerprint density at radius 3 is 2.48 bits per heavy atom. The Labute approximate surface area is 146 Å². The van der Waals surface area contributed by atoms with Gasteiger partial charge in [-0.05, 0) is 36.8 Å². The van der Waals surface area contributed by atoms with E-state index in [-0.39, 0.29) is 17.6 Å². The van der Waals surface area contributed by atoms with E-state index >= 15 is 0 Å². The molecule has 0 saturated carbocycles. The third-order valence-electron chi connectivity index (χ3n) is 5.04. The molecular formula is C20H21FN2O2. The van der Waals surface area contributed by atoms with Crippen LogP contribution in [-0.2, 0) is 4.79 Å². The van der Waals surface area contributed by atoms with Gasteiger partial charge in [0.25, 0.3) is 0 Å². The third-order valence-corrected chi connectivity index (χ3v) is 5.04. The Morgan fingerprint density at radius 1 is 1.00 bits per heavy atom. The van der Waals surface area contributed by atoms with Gasteiger partial charge in [0.15, 0.2) is 0 Å². The number of rotatable bonds is 2. The van der Waals surface area contributed by atoms with Crippen LogP contribution >= 0.6 is 0 Å². The average molecular weight is 340 g/mol. The lowest BCUT2D eigenvalue weighted by Gasteiger charge is -2.38. The molecule has 4 rings (SSSR count). The van der Waals surface area contributed by atoms with E-state index in [0.29, 0.717) is 19.7 Å². The van der Waals surface area contributed by atoms with E-state index in [1.165, 1.54) is 12.1 Å². The summed E-state index contributed by atoms with van der Waals surface area (Å²) < 4.78 is 18.7. The maximum Gasteiger partial charge on any atom is 0.230 e. The molecule has 2 heterocycles. The number of anilines is 1. The largest absolute Gasteiger partial charge is 0.493 e. The molecule has 5 heteroatoms. The highest BCUT2D eigenvalue weighted by Gasteiger charge is 2.32. The summed E-state index contributed by atoms with van der Waals surface area (Å²) in [6.45, 7) is 3.50. The Kier molecular flexibility index (Phi) is 4.30. The van der Waals surface area contributed by atoms with Gasteiger partial charge in [0, 0.05) is 37.4 Å². The number of carbonyl (C=O) groups excluding carboxylic acids is 1. The van der Waals surface area contributed by atoms with E-state index in [1.54, 1.807) is 12.1 Å². The highest BCUT2D eigenvalue weighted by molar-refractivity contribution is 5.85. The molecule has 2 aliphatic heterocycles. The van der Waals surface area contributed by atoms with Crippen LogP contribution < -0.4 is 9.64 Å². The van der Waals surface area contributed by atoms with Crippen molar-refractivity contribution in [2.75, 3.05) is 37.7 Å². The zero-order valence-corrected chi connectivity index (χ0v) is 14.0. The normalized spacial score (nSPS) is 20.0. The van der Waals surface area contributed by atoms with E-state index < -0.39 is 0 Å². The minimum Gasteiger partial charge on any atom is -0.493 e. The first-order valence-electron chi connectivity index (χ1n) is 8.73. The van der Waals surface area contributed by atoms with Gasteiger partial charge in [-0.1, -0.05) is 18.2 Å². The Balaban J connectivity index is 1.43. The van der Waals surface area contributed by atoms with Crippen LogP contribution in [-0.4, -0.2) is 43.6 Å². The molecular weight excluding hydrogens is 319 g/mol. The molecule has 0 aromatic heterocycles. The van der Waals surface area contributed by atoms with Crippen LogP contribution in [0.4, 0.5) is 10.1 Å². The summed E-state index contributed by atoms with van der Waals surface area (Å²) in [6.07, 6.45) is 0.730. The third kappa shape index (κ3) is 3.18. The molecule has 1 amide bonds. The zero-order chi connectivity index (χ0) is 17.2. The standard InChI is InChI=1S/C20H21FN2O2/c21-15-5-7-16(8-6-15)22-10-12-23(13-11-22)20(24)18-9-14-25-19-4-2-1-3-17(18)19/h1-8,18H,9-14H2. The van der Waals surface area contributed by atoms with Gasteiger partial charge in [0.05, 0.1) is 12.5 Å². The Morgan fingerprint density at radius 2 is 1.72 bits per heavy atom. The number of amides is 1. The Bertz CT molecular complexity index is 755. The van der Waals surface area contributed by atoms with E-state index in [4.69, 9.17) is 4.74 Å².